The Bertz CT molecular complexity index is 431. The van der Waals surface area contributed by atoms with Crippen LogP contribution in [0.5, 0.6) is 0 Å². The average molecular weight is 324 g/mol. The summed E-state index contributed by atoms with van der Waals surface area (Å²) in [6.07, 6.45) is 6.41. The van der Waals surface area contributed by atoms with E-state index >= 15 is 0 Å². The van der Waals surface area contributed by atoms with E-state index in [4.69, 9.17) is 4.74 Å². The first-order valence-corrected chi connectivity index (χ1v) is 7.88. The Morgan fingerprint density at radius 2 is 2.21 bits per heavy atom. The third-order valence-electron chi connectivity index (χ3n) is 3.43. The molecule has 1 heterocycles. The fourth-order valence-electron chi connectivity index (χ4n) is 2.38. The Morgan fingerprint density at radius 3 is 2.89 bits per heavy atom. The van der Waals surface area contributed by atoms with Gasteiger partial charge in [0.2, 0.25) is 0 Å². The molecule has 1 aliphatic rings. The molecule has 0 saturated heterocycles. The summed E-state index contributed by atoms with van der Waals surface area (Å²) in [6, 6.07) is 8.85. The van der Waals surface area contributed by atoms with Gasteiger partial charge in [-0.05, 0) is 49.4 Å². The lowest BCUT2D eigenvalue weighted by Gasteiger charge is -2.25. The minimum absolute atomic E-state index is 0.388. The van der Waals surface area contributed by atoms with Gasteiger partial charge in [0.25, 0.3) is 0 Å². The van der Waals surface area contributed by atoms with Gasteiger partial charge in [0.15, 0.2) is 0 Å². The van der Waals surface area contributed by atoms with Crippen LogP contribution >= 0.6 is 15.9 Å². The van der Waals surface area contributed by atoms with Crippen LogP contribution in [0.15, 0.2) is 40.6 Å². The maximum atomic E-state index is 5.50. The zero-order chi connectivity index (χ0) is 13.5. The van der Waals surface area contributed by atoms with Crippen molar-refractivity contribution < 1.29 is 4.74 Å². The number of ether oxygens (including phenoxy) is 1. The van der Waals surface area contributed by atoms with Gasteiger partial charge in [-0.2, -0.15) is 0 Å². The highest BCUT2D eigenvalue weighted by atomic mass is 79.9. The number of benzene rings is 1. The van der Waals surface area contributed by atoms with Crippen molar-refractivity contribution in [3.8, 4) is 0 Å². The second-order valence-corrected chi connectivity index (χ2v) is 5.82. The molecule has 1 aliphatic heterocycles. The van der Waals surface area contributed by atoms with Crippen LogP contribution in [0, 0.1) is 0 Å². The molecule has 0 radical (unpaired) electrons. The van der Waals surface area contributed by atoms with Crippen LogP contribution in [0.1, 0.15) is 31.7 Å². The molecule has 0 bridgehead atoms. The zero-order valence-electron chi connectivity index (χ0n) is 11.5. The molecule has 3 heteroatoms. The molecule has 104 valence electrons. The molecule has 0 fully saturated rings. The summed E-state index contributed by atoms with van der Waals surface area (Å²) in [5.74, 6) is 0. The maximum Gasteiger partial charge on any atom is 0.0876 e. The van der Waals surface area contributed by atoms with E-state index in [1.165, 1.54) is 15.6 Å². The molecular formula is C16H22BrNO. The van der Waals surface area contributed by atoms with Crippen LogP contribution in [-0.4, -0.2) is 19.2 Å². The Hall–Kier alpha value is -0.800. The lowest BCUT2D eigenvalue weighted by molar-refractivity contribution is 0.219. The monoisotopic (exact) mass is 323 g/mol. The number of halogens is 1. The van der Waals surface area contributed by atoms with E-state index in [0.717, 1.165) is 38.8 Å². The number of rotatable bonds is 6. The molecule has 1 aromatic carbocycles. The van der Waals surface area contributed by atoms with Gasteiger partial charge in [0.1, 0.15) is 0 Å². The van der Waals surface area contributed by atoms with Gasteiger partial charge < -0.3 is 10.1 Å². The molecule has 0 aliphatic carbocycles. The standard InChI is InChI=1S/C16H22BrNO/c1-2-9-18-16(14-7-5-10-19-12-14)11-13-6-3-4-8-15(13)17/h3-4,6,8,12,16,18H,2,5,7,9-11H2,1H3. The molecule has 1 unspecified atom stereocenters. The van der Waals surface area contributed by atoms with E-state index < -0.39 is 0 Å². The van der Waals surface area contributed by atoms with E-state index in [1.54, 1.807) is 0 Å². The largest absolute Gasteiger partial charge is 0.501 e. The third kappa shape index (κ3) is 4.36. The lowest BCUT2D eigenvalue weighted by Crippen LogP contribution is -2.34. The molecule has 1 aromatic rings. The summed E-state index contributed by atoms with van der Waals surface area (Å²) in [4.78, 5) is 0. The van der Waals surface area contributed by atoms with Crippen LogP contribution in [-0.2, 0) is 11.2 Å². The van der Waals surface area contributed by atoms with Crippen LogP contribution in [0.2, 0.25) is 0 Å². The van der Waals surface area contributed by atoms with E-state index in [-0.39, 0.29) is 0 Å². The topological polar surface area (TPSA) is 21.3 Å². The molecule has 19 heavy (non-hydrogen) atoms. The van der Waals surface area contributed by atoms with Gasteiger partial charge in [-0.3, -0.25) is 0 Å². The first kappa shape index (κ1) is 14.6. The van der Waals surface area contributed by atoms with Crippen molar-refractivity contribution in [3.05, 3.63) is 46.1 Å². The van der Waals surface area contributed by atoms with Gasteiger partial charge in [-0.15, -0.1) is 0 Å². The molecular weight excluding hydrogens is 302 g/mol. The summed E-state index contributed by atoms with van der Waals surface area (Å²) < 4.78 is 6.69. The molecule has 0 amide bonds. The Kier molecular flexibility index (Phi) is 5.93. The smallest absolute Gasteiger partial charge is 0.0876 e. The fraction of sp³-hybridized carbons (Fsp3) is 0.500. The van der Waals surface area contributed by atoms with Crippen LogP contribution < -0.4 is 5.32 Å². The van der Waals surface area contributed by atoms with Gasteiger partial charge in [0.05, 0.1) is 12.9 Å². The van der Waals surface area contributed by atoms with E-state index in [2.05, 4.69) is 52.4 Å². The molecule has 1 atom stereocenters. The zero-order valence-corrected chi connectivity index (χ0v) is 13.1. The van der Waals surface area contributed by atoms with Crippen LogP contribution in [0.3, 0.4) is 0 Å². The second kappa shape index (κ2) is 7.71. The highest BCUT2D eigenvalue weighted by Gasteiger charge is 2.17. The van der Waals surface area contributed by atoms with E-state index in [0.29, 0.717) is 6.04 Å². The summed E-state index contributed by atoms with van der Waals surface area (Å²) in [7, 11) is 0. The molecule has 1 N–H and O–H groups in total. The van der Waals surface area contributed by atoms with Crippen molar-refractivity contribution in [2.75, 3.05) is 13.2 Å². The van der Waals surface area contributed by atoms with Gasteiger partial charge >= 0.3 is 0 Å². The Labute approximate surface area is 124 Å². The SMILES string of the molecule is CCCNC(Cc1ccccc1Br)C1=COCCC1. The molecule has 0 saturated carbocycles. The van der Waals surface area contributed by atoms with Crippen molar-refractivity contribution in [1.82, 2.24) is 5.32 Å². The molecule has 0 aromatic heterocycles. The predicted octanol–water partition coefficient (Wildman–Crippen LogP) is 4.05. The number of nitrogens with one attached hydrogen (secondary N) is 1. The Morgan fingerprint density at radius 1 is 1.37 bits per heavy atom. The first-order chi connectivity index (χ1) is 9.31. The van der Waals surface area contributed by atoms with Gasteiger partial charge in [0, 0.05) is 10.5 Å². The quantitative estimate of drug-likeness (QED) is 0.852. The van der Waals surface area contributed by atoms with Crippen LogP contribution in [0.25, 0.3) is 0 Å². The predicted molar refractivity (Wildman–Crippen MR) is 83.2 cm³/mol. The minimum Gasteiger partial charge on any atom is -0.501 e. The van der Waals surface area contributed by atoms with Crippen molar-refractivity contribution >= 4 is 15.9 Å². The highest BCUT2D eigenvalue weighted by molar-refractivity contribution is 9.10. The minimum atomic E-state index is 0.388. The van der Waals surface area contributed by atoms with Gasteiger partial charge in [-0.25, -0.2) is 0 Å². The Balaban J connectivity index is 2.09. The highest BCUT2D eigenvalue weighted by Crippen LogP contribution is 2.23. The lowest BCUT2D eigenvalue weighted by atomic mass is 9.95. The molecule has 2 rings (SSSR count). The number of hydrogen-bond donors (Lipinski definition) is 1. The summed E-state index contributed by atoms with van der Waals surface area (Å²) in [5, 5.41) is 3.65. The fourth-order valence-corrected chi connectivity index (χ4v) is 2.82. The number of hydrogen-bond acceptors (Lipinski definition) is 2. The van der Waals surface area contributed by atoms with E-state index in [1.807, 2.05) is 6.26 Å². The van der Waals surface area contributed by atoms with Crippen molar-refractivity contribution in [3.63, 3.8) is 0 Å². The van der Waals surface area contributed by atoms with Crippen molar-refractivity contribution in [2.24, 2.45) is 0 Å². The normalized spacial score (nSPS) is 16.6. The summed E-state index contributed by atoms with van der Waals surface area (Å²) >= 11 is 3.64. The van der Waals surface area contributed by atoms with Crippen LogP contribution in [0.4, 0.5) is 0 Å². The molecule has 2 nitrogen and oxygen atoms in total. The summed E-state index contributed by atoms with van der Waals surface area (Å²) in [6.45, 7) is 4.11. The second-order valence-electron chi connectivity index (χ2n) is 4.97. The van der Waals surface area contributed by atoms with E-state index in [9.17, 15) is 0 Å². The summed E-state index contributed by atoms with van der Waals surface area (Å²) in [5.41, 5.74) is 2.75. The van der Waals surface area contributed by atoms with Crippen molar-refractivity contribution in [1.29, 1.82) is 0 Å². The average Bonchev–Trinajstić information content (AvgIpc) is 2.46. The first-order valence-electron chi connectivity index (χ1n) is 7.08. The maximum absolute atomic E-state index is 5.50. The van der Waals surface area contributed by atoms with Crippen molar-refractivity contribution in [2.45, 2.75) is 38.6 Å². The molecule has 0 spiro atoms. The third-order valence-corrected chi connectivity index (χ3v) is 4.21. The van der Waals surface area contributed by atoms with Gasteiger partial charge in [-0.1, -0.05) is 41.1 Å².